The number of nitrogens with zero attached hydrogens (tertiary/aromatic N) is 2. The van der Waals surface area contributed by atoms with Crippen LogP contribution in [0, 0.1) is 0 Å². The number of carbonyl (C=O) groups excluding carboxylic acids is 1. The molecule has 0 radical (unpaired) electrons. The van der Waals surface area contributed by atoms with Crippen molar-refractivity contribution >= 4 is 28.9 Å². The van der Waals surface area contributed by atoms with Crippen LogP contribution in [0.5, 0.6) is 5.75 Å². The molecule has 0 spiro atoms. The fourth-order valence-corrected chi connectivity index (χ4v) is 3.89. The number of ether oxygens (including phenoxy) is 1. The summed E-state index contributed by atoms with van der Waals surface area (Å²) in [6, 6.07) is 15.0. The predicted octanol–water partition coefficient (Wildman–Crippen LogP) is 1.42. The predicted molar refractivity (Wildman–Crippen MR) is 114 cm³/mol. The van der Waals surface area contributed by atoms with Crippen molar-refractivity contribution < 1.29 is 9.53 Å². The molecular weight excluding hydrogens is 392 g/mol. The fourth-order valence-electron chi connectivity index (χ4n) is 3.70. The molecule has 2 aromatic rings. The molecule has 0 aromatic heterocycles. The number of piperazine rings is 1. The van der Waals surface area contributed by atoms with Crippen molar-refractivity contribution in [3.63, 3.8) is 0 Å². The van der Waals surface area contributed by atoms with E-state index in [-0.39, 0.29) is 12.1 Å². The average Bonchev–Trinajstić information content (AvgIpc) is 3.21. The molecule has 9 heteroatoms. The van der Waals surface area contributed by atoms with E-state index in [0.717, 1.165) is 30.2 Å². The molecule has 29 heavy (non-hydrogen) atoms. The van der Waals surface area contributed by atoms with Gasteiger partial charge in [0.2, 0.25) is 5.91 Å². The lowest BCUT2D eigenvalue weighted by molar-refractivity contribution is -0.133. The lowest BCUT2D eigenvalue weighted by atomic mass is 10.1. The lowest BCUT2D eigenvalue weighted by Gasteiger charge is -2.38. The number of carbonyl (C=O) groups is 1. The SMILES string of the molecule is COc1ccccc1N1CCN(C(=O)C2NNNC2Nc2cccc(Cl)c2)CC1. The number of para-hydroxylation sites is 2. The molecule has 0 saturated carbocycles. The number of hydrogen-bond donors (Lipinski definition) is 4. The molecule has 2 heterocycles. The van der Waals surface area contributed by atoms with Crippen molar-refractivity contribution in [3.8, 4) is 5.75 Å². The number of rotatable bonds is 5. The Labute approximate surface area is 175 Å². The molecule has 4 rings (SSSR count). The molecule has 0 aliphatic carbocycles. The molecule has 154 valence electrons. The molecule has 8 nitrogen and oxygen atoms in total. The van der Waals surface area contributed by atoms with Crippen molar-refractivity contribution in [1.29, 1.82) is 0 Å². The third-order valence-electron chi connectivity index (χ3n) is 5.22. The summed E-state index contributed by atoms with van der Waals surface area (Å²) in [4.78, 5) is 17.3. The summed E-state index contributed by atoms with van der Waals surface area (Å²) < 4.78 is 5.47. The molecule has 4 N–H and O–H groups in total. The van der Waals surface area contributed by atoms with Gasteiger partial charge in [0.25, 0.3) is 0 Å². The second-order valence-electron chi connectivity index (χ2n) is 7.01. The average molecular weight is 417 g/mol. The van der Waals surface area contributed by atoms with E-state index in [4.69, 9.17) is 16.3 Å². The van der Waals surface area contributed by atoms with Gasteiger partial charge in [-0.2, -0.15) is 5.53 Å². The Hall–Kier alpha value is -2.52. The third kappa shape index (κ3) is 4.40. The Balaban J connectivity index is 1.37. The Morgan fingerprint density at radius 3 is 2.66 bits per heavy atom. The van der Waals surface area contributed by atoms with E-state index in [1.54, 1.807) is 7.11 Å². The van der Waals surface area contributed by atoms with Gasteiger partial charge >= 0.3 is 0 Å². The summed E-state index contributed by atoms with van der Waals surface area (Å²) in [5, 5.41) is 3.95. The van der Waals surface area contributed by atoms with Crippen molar-refractivity contribution in [3.05, 3.63) is 53.6 Å². The Morgan fingerprint density at radius 1 is 1.10 bits per heavy atom. The van der Waals surface area contributed by atoms with Gasteiger partial charge in [0, 0.05) is 36.9 Å². The molecule has 2 saturated heterocycles. The standard InChI is InChI=1S/C20H25ClN6O2/c1-29-17-8-3-2-7-16(17)26-9-11-27(12-10-26)20(28)18-19(24-25-23-18)22-15-6-4-5-14(21)13-15/h2-8,13,18-19,22-25H,9-12H2,1H3. The van der Waals surface area contributed by atoms with Crippen LogP contribution in [0.1, 0.15) is 0 Å². The monoisotopic (exact) mass is 416 g/mol. The zero-order valence-electron chi connectivity index (χ0n) is 16.2. The zero-order chi connectivity index (χ0) is 20.2. The molecule has 2 aliphatic heterocycles. The number of hydrazine groups is 2. The first-order valence-corrected chi connectivity index (χ1v) is 9.98. The van der Waals surface area contributed by atoms with E-state index in [0.29, 0.717) is 18.1 Å². The van der Waals surface area contributed by atoms with E-state index in [1.165, 1.54) is 0 Å². The van der Waals surface area contributed by atoms with E-state index in [2.05, 4.69) is 26.6 Å². The first-order chi connectivity index (χ1) is 14.2. The van der Waals surface area contributed by atoms with Crippen LogP contribution in [-0.4, -0.2) is 56.3 Å². The summed E-state index contributed by atoms with van der Waals surface area (Å²) in [6.45, 7) is 2.82. The Morgan fingerprint density at radius 2 is 1.90 bits per heavy atom. The maximum atomic E-state index is 13.1. The summed E-state index contributed by atoms with van der Waals surface area (Å²) in [5.41, 5.74) is 10.8. The fraction of sp³-hybridized carbons (Fsp3) is 0.350. The largest absolute Gasteiger partial charge is 0.495 e. The van der Waals surface area contributed by atoms with Crippen LogP contribution in [0.3, 0.4) is 0 Å². The number of hydrogen-bond acceptors (Lipinski definition) is 7. The van der Waals surface area contributed by atoms with E-state index in [1.807, 2.05) is 53.4 Å². The maximum Gasteiger partial charge on any atom is 0.244 e. The number of nitrogens with one attached hydrogen (secondary N) is 4. The van der Waals surface area contributed by atoms with Crippen molar-refractivity contribution in [2.45, 2.75) is 12.2 Å². The van der Waals surface area contributed by atoms with Gasteiger partial charge in [-0.15, -0.1) is 0 Å². The highest BCUT2D eigenvalue weighted by molar-refractivity contribution is 6.30. The highest BCUT2D eigenvalue weighted by atomic mass is 35.5. The molecule has 2 aromatic carbocycles. The number of benzene rings is 2. The minimum absolute atomic E-state index is 0.0432. The molecule has 1 amide bonds. The highest BCUT2D eigenvalue weighted by Crippen LogP contribution is 2.28. The van der Waals surface area contributed by atoms with Gasteiger partial charge in [-0.25, -0.2) is 10.9 Å². The van der Waals surface area contributed by atoms with Crippen LogP contribution < -0.4 is 31.3 Å². The van der Waals surface area contributed by atoms with E-state index < -0.39 is 6.04 Å². The number of methoxy groups -OCH3 is 1. The van der Waals surface area contributed by atoms with Crippen LogP contribution in [0.15, 0.2) is 48.5 Å². The van der Waals surface area contributed by atoms with Gasteiger partial charge in [-0.05, 0) is 30.3 Å². The molecular formula is C20H25ClN6O2. The molecule has 2 atom stereocenters. The third-order valence-corrected chi connectivity index (χ3v) is 5.45. The second-order valence-corrected chi connectivity index (χ2v) is 7.44. The molecule has 0 bridgehead atoms. The first kappa shape index (κ1) is 19.8. The van der Waals surface area contributed by atoms with Crippen LogP contribution in [-0.2, 0) is 4.79 Å². The molecule has 2 unspecified atom stereocenters. The first-order valence-electron chi connectivity index (χ1n) is 9.60. The van der Waals surface area contributed by atoms with Gasteiger partial charge in [-0.3, -0.25) is 4.79 Å². The minimum Gasteiger partial charge on any atom is -0.495 e. The summed E-state index contributed by atoms with van der Waals surface area (Å²) >= 11 is 6.06. The van der Waals surface area contributed by atoms with Crippen LogP contribution in [0.4, 0.5) is 11.4 Å². The topological polar surface area (TPSA) is 80.9 Å². The lowest BCUT2D eigenvalue weighted by Crippen LogP contribution is -2.57. The van der Waals surface area contributed by atoms with Crippen LogP contribution in [0.2, 0.25) is 5.02 Å². The Kier molecular flexibility index (Phi) is 6.05. The smallest absolute Gasteiger partial charge is 0.244 e. The highest BCUT2D eigenvalue weighted by Gasteiger charge is 2.36. The quantitative estimate of drug-likeness (QED) is 0.587. The van der Waals surface area contributed by atoms with Gasteiger partial charge in [0.1, 0.15) is 18.0 Å². The number of anilines is 2. The van der Waals surface area contributed by atoms with E-state index >= 15 is 0 Å². The van der Waals surface area contributed by atoms with Gasteiger partial charge < -0.3 is 19.9 Å². The van der Waals surface area contributed by atoms with Gasteiger partial charge in [0.15, 0.2) is 0 Å². The Bertz CT molecular complexity index is 858. The van der Waals surface area contributed by atoms with Crippen LogP contribution >= 0.6 is 11.6 Å². The summed E-state index contributed by atoms with van der Waals surface area (Å²) in [5.74, 6) is 0.894. The van der Waals surface area contributed by atoms with Crippen molar-refractivity contribution in [1.82, 2.24) is 21.3 Å². The zero-order valence-corrected chi connectivity index (χ0v) is 16.9. The van der Waals surface area contributed by atoms with Crippen molar-refractivity contribution in [2.24, 2.45) is 0 Å². The summed E-state index contributed by atoms with van der Waals surface area (Å²) in [6.07, 6.45) is -0.298. The second kappa shape index (κ2) is 8.87. The molecule has 2 aliphatic rings. The normalized spacial score (nSPS) is 21.9. The van der Waals surface area contributed by atoms with Crippen LogP contribution in [0.25, 0.3) is 0 Å². The van der Waals surface area contributed by atoms with Crippen molar-refractivity contribution in [2.75, 3.05) is 43.5 Å². The number of halogens is 1. The summed E-state index contributed by atoms with van der Waals surface area (Å²) in [7, 11) is 1.68. The number of amides is 1. The minimum atomic E-state index is -0.438. The molecule has 2 fully saturated rings. The van der Waals surface area contributed by atoms with Gasteiger partial charge in [-0.1, -0.05) is 29.8 Å². The van der Waals surface area contributed by atoms with Gasteiger partial charge in [0.05, 0.1) is 12.8 Å². The maximum absolute atomic E-state index is 13.1. The van der Waals surface area contributed by atoms with E-state index in [9.17, 15) is 4.79 Å².